The van der Waals surface area contributed by atoms with E-state index in [4.69, 9.17) is 16.6 Å². The molecule has 0 aliphatic carbocycles. The lowest BCUT2D eigenvalue weighted by Crippen LogP contribution is -2.22. The molecule has 0 fully saturated rings. The van der Waals surface area contributed by atoms with E-state index in [1.807, 2.05) is 18.2 Å². The zero-order valence-corrected chi connectivity index (χ0v) is 12.8. The van der Waals surface area contributed by atoms with Gasteiger partial charge in [0.05, 0.1) is 5.52 Å². The Morgan fingerprint density at radius 1 is 1.16 bits per heavy atom. The van der Waals surface area contributed by atoms with E-state index in [2.05, 4.69) is 39.1 Å². The van der Waals surface area contributed by atoms with Gasteiger partial charge in [0.25, 0.3) is 0 Å². The number of pyridine rings is 1. The molecular formula is C16H21ClN2. The van der Waals surface area contributed by atoms with Crippen LogP contribution in [0.2, 0.25) is 5.02 Å². The van der Waals surface area contributed by atoms with Crippen LogP contribution in [-0.4, -0.2) is 11.0 Å². The molecule has 1 aromatic carbocycles. The molecule has 2 aromatic rings. The van der Waals surface area contributed by atoms with Crippen LogP contribution in [0.5, 0.6) is 0 Å². The summed E-state index contributed by atoms with van der Waals surface area (Å²) in [7, 11) is 0. The van der Waals surface area contributed by atoms with Gasteiger partial charge in [-0.25, -0.2) is 0 Å². The van der Waals surface area contributed by atoms with E-state index in [0.29, 0.717) is 12.0 Å². The highest BCUT2D eigenvalue weighted by Gasteiger charge is 2.09. The lowest BCUT2D eigenvalue weighted by molar-refractivity contribution is 0.590. The van der Waals surface area contributed by atoms with E-state index in [9.17, 15) is 0 Å². The SMILES string of the molecule is CC(C)NCc1cc(C(C)C)nc2ccc(Cl)cc12. The van der Waals surface area contributed by atoms with Gasteiger partial charge < -0.3 is 5.32 Å². The third kappa shape index (κ3) is 3.46. The quantitative estimate of drug-likeness (QED) is 0.889. The van der Waals surface area contributed by atoms with Crippen LogP contribution in [0.15, 0.2) is 24.3 Å². The van der Waals surface area contributed by atoms with Crippen molar-refractivity contribution in [2.75, 3.05) is 0 Å². The third-order valence-corrected chi connectivity index (χ3v) is 3.40. The van der Waals surface area contributed by atoms with Crippen molar-refractivity contribution in [3.05, 3.63) is 40.5 Å². The predicted octanol–water partition coefficient (Wildman–Crippen LogP) is 4.51. The number of fused-ring (bicyclic) bond motifs is 1. The number of nitrogens with zero attached hydrogens (tertiary/aromatic N) is 1. The fourth-order valence-electron chi connectivity index (χ4n) is 2.05. The molecule has 0 aliphatic rings. The van der Waals surface area contributed by atoms with Crippen LogP contribution in [0.25, 0.3) is 10.9 Å². The molecule has 2 nitrogen and oxygen atoms in total. The first-order valence-corrected chi connectivity index (χ1v) is 7.17. The molecular weight excluding hydrogens is 256 g/mol. The molecule has 3 heteroatoms. The lowest BCUT2D eigenvalue weighted by atomic mass is 10.0. The van der Waals surface area contributed by atoms with Gasteiger partial charge in [-0.05, 0) is 35.7 Å². The molecule has 0 radical (unpaired) electrons. The molecule has 102 valence electrons. The smallest absolute Gasteiger partial charge is 0.0709 e. The van der Waals surface area contributed by atoms with E-state index in [0.717, 1.165) is 28.2 Å². The maximum Gasteiger partial charge on any atom is 0.0709 e. The Hall–Kier alpha value is -1.12. The van der Waals surface area contributed by atoms with E-state index in [-0.39, 0.29) is 0 Å². The summed E-state index contributed by atoms with van der Waals surface area (Å²) in [6.07, 6.45) is 0. The van der Waals surface area contributed by atoms with Crippen LogP contribution < -0.4 is 5.32 Å². The molecule has 0 bridgehead atoms. The average molecular weight is 277 g/mol. The Balaban J connectivity index is 2.52. The van der Waals surface area contributed by atoms with Crippen LogP contribution >= 0.6 is 11.6 Å². The summed E-state index contributed by atoms with van der Waals surface area (Å²) in [4.78, 5) is 4.72. The summed E-state index contributed by atoms with van der Waals surface area (Å²) in [5, 5.41) is 5.37. The van der Waals surface area contributed by atoms with Crippen LogP contribution in [0, 0.1) is 0 Å². The highest BCUT2D eigenvalue weighted by molar-refractivity contribution is 6.31. The Kier molecular flexibility index (Phi) is 4.43. The summed E-state index contributed by atoms with van der Waals surface area (Å²) in [5.41, 5.74) is 3.43. The maximum atomic E-state index is 6.11. The molecule has 0 amide bonds. The molecule has 0 aliphatic heterocycles. The summed E-state index contributed by atoms with van der Waals surface area (Å²) in [6.45, 7) is 9.49. The molecule has 1 N–H and O–H groups in total. The van der Waals surface area contributed by atoms with Gasteiger partial charge in [0, 0.05) is 28.7 Å². The summed E-state index contributed by atoms with van der Waals surface area (Å²) in [6, 6.07) is 8.57. The number of hydrogen-bond acceptors (Lipinski definition) is 2. The Morgan fingerprint density at radius 3 is 2.53 bits per heavy atom. The van der Waals surface area contributed by atoms with Gasteiger partial charge >= 0.3 is 0 Å². The lowest BCUT2D eigenvalue weighted by Gasteiger charge is -2.14. The fourth-order valence-corrected chi connectivity index (χ4v) is 2.22. The normalized spacial score (nSPS) is 11.7. The second kappa shape index (κ2) is 5.89. The molecule has 0 atom stereocenters. The monoisotopic (exact) mass is 276 g/mol. The van der Waals surface area contributed by atoms with Crippen molar-refractivity contribution in [2.45, 2.75) is 46.2 Å². The van der Waals surface area contributed by atoms with Crippen LogP contribution in [-0.2, 0) is 6.54 Å². The Morgan fingerprint density at radius 2 is 1.89 bits per heavy atom. The van der Waals surface area contributed by atoms with E-state index >= 15 is 0 Å². The van der Waals surface area contributed by atoms with E-state index in [1.54, 1.807) is 0 Å². The first-order chi connectivity index (χ1) is 8.97. The molecule has 0 saturated carbocycles. The third-order valence-electron chi connectivity index (χ3n) is 3.17. The number of benzene rings is 1. The first-order valence-electron chi connectivity index (χ1n) is 6.80. The van der Waals surface area contributed by atoms with Crippen molar-refractivity contribution in [1.82, 2.24) is 10.3 Å². The molecule has 19 heavy (non-hydrogen) atoms. The molecule has 1 heterocycles. The van der Waals surface area contributed by atoms with Gasteiger partial charge in [-0.2, -0.15) is 0 Å². The number of nitrogens with one attached hydrogen (secondary N) is 1. The summed E-state index contributed by atoms with van der Waals surface area (Å²) >= 11 is 6.11. The highest BCUT2D eigenvalue weighted by atomic mass is 35.5. The Labute approximate surface area is 120 Å². The predicted molar refractivity (Wildman–Crippen MR) is 82.8 cm³/mol. The zero-order chi connectivity index (χ0) is 14.0. The highest BCUT2D eigenvalue weighted by Crippen LogP contribution is 2.25. The fraction of sp³-hybridized carbons (Fsp3) is 0.438. The van der Waals surface area contributed by atoms with Gasteiger partial charge in [-0.15, -0.1) is 0 Å². The van der Waals surface area contributed by atoms with Crippen LogP contribution in [0.4, 0.5) is 0 Å². The second-order valence-electron chi connectivity index (χ2n) is 5.56. The largest absolute Gasteiger partial charge is 0.310 e. The number of rotatable bonds is 4. The number of aromatic nitrogens is 1. The molecule has 0 unspecified atom stereocenters. The number of halogens is 1. The van der Waals surface area contributed by atoms with Gasteiger partial charge in [0.15, 0.2) is 0 Å². The van der Waals surface area contributed by atoms with Gasteiger partial charge in [0.1, 0.15) is 0 Å². The van der Waals surface area contributed by atoms with Crippen molar-refractivity contribution in [1.29, 1.82) is 0 Å². The summed E-state index contributed by atoms with van der Waals surface area (Å²) < 4.78 is 0. The molecule has 2 rings (SSSR count). The van der Waals surface area contributed by atoms with E-state index in [1.165, 1.54) is 5.56 Å². The van der Waals surface area contributed by atoms with Crippen molar-refractivity contribution in [3.63, 3.8) is 0 Å². The van der Waals surface area contributed by atoms with Crippen molar-refractivity contribution < 1.29 is 0 Å². The van der Waals surface area contributed by atoms with Gasteiger partial charge in [-0.1, -0.05) is 39.3 Å². The Bertz CT molecular complexity index is 576. The van der Waals surface area contributed by atoms with E-state index < -0.39 is 0 Å². The van der Waals surface area contributed by atoms with Crippen LogP contribution in [0.3, 0.4) is 0 Å². The minimum Gasteiger partial charge on any atom is -0.310 e. The molecule has 0 spiro atoms. The van der Waals surface area contributed by atoms with Crippen molar-refractivity contribution >= 4 is 22.5 Å². The second-order valence-corrected chi connectivity index (χ2v) is 5.99. The standard InChI is InChI=1S/C16H21ClN2/c1-10(2)16-7-12(9-18-11(3)4)14-8-13(17)5-6-15(14)19-16/h5-8,10-11,18H,9H2,1-4H3. The molecule has 1 aromatic heterocycles. The first kappa shape index (κ1) is 14.3. The molecule has 0 saturated heterocycles. The average Bonchev–Trinajstić information content (AvgIpc) is 2.35. The minimum atomic E-state index is 0.429. The van der Waals surface area contributed by atoms with Crippen molar-refractivity contribution in [3.8, 4) is 0 Å². The van der Waals surface area contributed by atoms with Gasteiger partial charge in [-0.3, -0.25) is 4.98 Å². The summed E-state index contributed by atoms with van der Waals surface area (Å²) in [5.74, 6) is 0.429. The van der Waals surface area contributed by atoms with Crippen molar-refractivity contribution in [2.24, 2.45) is 0 Å². The zero-order valence-electron chi connectivity index (χ0n) is 12.0. The maximum absolute atomic E-state index is 6.11. The topological polar surface area (TPSA) is 24.9 Å². The minimum absolute atomic E-state index is 0.429. The van der Waals surface area contributed by atoms with Crippen LogP contribution in [0.1, 0.15) is 44.9 Å². The van der Waals surface area contributed by atoms with Gasteiger partial charge in [0.2, 0.25) is 0 Å². The number of hydrogen-bond donors (Lipinski definition) is 1.